The van der Waals surface area contributed by atoms with Gasteiger partial charge in [0.2, 0.25) is 5.91 Å². The van der Waals surface area contributed by atoms with Crippen LogP contribution >= 0.6 is 0 Å². The van der Waals surface area contributed by atoms with Crippen LogP contribution < -0.4 is 0 Å². The van der Waals surface area contributed by atoms with Crippen LogP contribution in [0, 0.1) is 0 Å². The molecule has 2 saturated heterocycles. The van der Waals surface area contributed by atoms with Gasteiger partial charge in [-0.1, -0.05) is 0 Å². The highest BCUT2D eigenvalue weighted by Gasteiger charge is 2.31. The van der Waals surface area contributed by atoms with E-state index >= 15 is 0 Å². The second-order valence-corrected chi connectivity index (χ2v) is 7.38. The maximum atomic E-state index is 13.1. The molecule has 2 fully saturated rings. The van der Waals surface area contributed by atoms with Gasteiger partial charge in [-0.2, -0.15) is 0 Å². The van der Waals surface area contributed by atoms with Crippen molar-refractivity contribution in [1.82, 2.24) is 29.2 Å². The van der Waals surface area contributed by atoms with E-state index in [4.69, 9.17) is 0 Å². The molecule has 2 aliphatic rings. The summed E-state index contributed by atoms with van der Waals surface area (Å²) in [5.74, 6) is 0.770. The Kier molecular flexibility index (Phi) is 5.38. The maximum Gasteiger partial charge on any atom is 0.257 e. The average molecular weight is 382 g/mol. The fourth-order valence-corrected chi connectivity index (χ4v) is 3.99. The molecule has 0 bridgehead atoms. The first-order valence-corrected chi connectivity index (χ1v) is 9.90. The predicted molar refractivity (Wildman–Crippen MR) is 104 cm³/mol. The summed E-state index contributed by atoms with van der Waals surface area (Å²) in [6.45, 7) is 6.35. The number of imidazole rings is 1. The Morgan fingerprint density at radius 2 is 1.75 bits per heavy atom. The molecule has 8 nitrogen and oxygen atoms in total. The van der Waals surface area contributed by atoms with Gasteiger partial charge in [-0.25, -0.2) is 9.97 Å². The zero-order valence-electron chi connectivity index (χ0n) is 16.2. The van der Waals surface area contributed by atoms with Gasteiger partial charge < -0.3 is 9.80 Å². The first-order chi connectivity index (χ1) is 13.6. The molecule has 1 atom stereocenters. The second kappa shape index (κ2) is 8.10. The van der Waals surface area contributed by atoms with E-state index in [2.05, 4.69) is 14.9 Å². The van der Waals surface area contributed by atoms with Crippen molar-refractivity contribution in [3.63, 3.8) is 0 Å². The van der Waals surface area contributed by atoms with E-state index < -0.39 is 0 Å². The first kappa shape index (κ1) is 18.6. The van der Waals surface area contributed by atoms with Crippen molar-refractivity contribution in [3.05, 3.63) is 42.6 Å². The van der Waals surface area contributed by atoms with Gasteiger partial charge in [-0.3, -0.25) is 19.1 Å². The lowest BCUT2D eigenvalue weighted by molar-refractivity contribution is -0.135. The molecule has 0 unspecified atom stereocenters. The van der Waals surface area contributed by atoms with Crippen LogP contribution in [0.4, 0.5) is 0 Å². The van der Waals surface area contributed by atoms with Gasteiger partial charge in [-0.15, -0.1) is 0 Å². The Morgan fingerprint density at radius 3 is 2.43 bits per heavy atom. The Morgan fingerprint density at radius 1 is 1.00 bits per heavy atom. The smallest absolute Gasteiger partial charge is 0.257 e. The Balaban J connectivity index is 1.40. The maximum absolute atomic E-state index is 13.1. The van der Waals surface area contributed by atoms with E-state index in [1.54, 1.807) is 41.6 Å². The minimum absolute atomic E-state index is 0.0324. The number of likely N-dealkylation sites (tertiary alicyclic amines) is 1. The van der Waals surface area contributed by atoms with Crippen LogP contribution in [0.1, 0.15) is 30.1 Å². The van der Waals surface area contributed by atoms with Gasteiger partial charge in [0.25, 0.3) is 5.91 Å². The lowest BCUT2D eigenvalue weighted by atomic mass is 10.1. The first-order valence-electron chi connectivity index (χ1n) is 9.90. The van der Waals surface area contributed by atoms with Gasteiger partial charge in [0.05, 0.1) is 11.6 Å². The van der Waals surface area contributed by atoms with E-state index in [1.807, 2.05) is 16.7 Å². The zero-order chi connectivity index (χ0) is 19.5. The summed E-state index contributed by atoms with van der Waals surface area (Å²) in [6, 6.07) is 3.45. The monoisotopic (exact) mass is 382 g/mol. The minimum Gasteiger partial charge on any atom is -0.341 e. The van der Waals surface area contributed by atoms with Crippen LogP contribution in [-0.2, 0) is 4.79 Å². The van der Waals surface area contributed by atoms with Gasteiger partial charge in [0, 0.05) is 57.9 Å². The van der Waals surface area contributed by atoms with Gasteiger partial charge in [0.1, 0.15) is 6.33 Å². The molecule has 2 amide bonds. The Labute approximate surface area is 164 Å². The van der Waals surface area contributed by atoms with Crippen LogP contribution in [0.15, 0.2) is 37.1 Å². The van der Waals surface area contributed by atoms with Crippen molar-refractivity contribution in [2.24, 2.45) is 0 Å². The molecule has 4 rings (SSSR count). The van der Waals surface area contributed by atoms with Crippen molar-refractivity contribution < 1.29 is 9.59 Å². The number of amides is 2. The summed E-state index contributed by atoms with van der Waals surface area (Å²) < 4.78 is 1.75. The van der Waals surface area contributed by atoms with E-state index in [9.17, 15) is 9.59 Å². The van der Waals surface area contributed by atoms with E-state index in [0.29, 0.717) is 37.6 Å². The molecule has 2 aromatic heterocycles. The summed E-state index contributed by atoms with van der Waals surface area (Å²) in [7, 11) is 0. The van der Waals surface area contributed by atoms with Gasteiger partial charge in [-0.05, 0) is 31.9 Å². The molecule has 4 heterocycles. The predicted octanol–water partition coefficient (Wildman–Crippen LogP) is 1.04. The van der Waals surface area contributed by atoms with Crippen molar-refractivity contribution in [1.29, 1.82) is 0 Å². The van der Waals surface area contributed by atoms with Crippen LogP contribution in [0.25, 0.3) is 5.82 Å². The third kappa shape index (κ3) is 3.64. The fraction of sp³-hybridized carbons (Fsp3) is 0.500. The molecule has 0 N–H and O–H groups in total. The quantitative estimate of drug-likeness (QED) is 0.790. The molecular formula is C20H26N6O2. The fourth-order valence-electron chi connectivity index (χ4n) is 3.99. The third-order valence-electron chi connectivity index (χ3n) is 5.69. The summed E-state index contributed by atoms with van der Waals surface area (Å²) in [4.78, 5) is 40.1. The van der Waals surface area contributed by atoms with Crippen LogP contribution in [0.5, 0.6) is 0 Å². The number of carbonyl (C=O) groups is 2. The number of nitrogens with zero attached hydrogens (tertiary/aromatic N) is 6. The summed E-state index contributed by atoms with van der Waals surface area (Å²) in [5, 5.41) is 0. The van der Waals surface area contributed by atoms with E-state index in [1.165, 1.54) is 0 Å². The van der Waals surface area contributed by atoms with Crippen LogP contribution in [0.2, 0.25) is 0 Å². The third-order valence-corrected chi connectivity index (χ3v) is 5.69. The minimum atomic E-state index is -0.129. The van der Waals surface area contributed by atoms with E-state index in [-0.39, 0.29) is 17.9 Å². The second-order valence-electron chi connectivity index (χ2n) is 7.38. The number of carbonyl (C=O) groups excluding carboxylic acids is 2. The standard InChI is InChI=1S/C20H26N6O2/c1-16(19(27)24-8-2-3-9-24)23-11-13-25(14-12-23)20(28)17-5-4-6-22-18(17)26-10-7-21-15-26/h4-7,10,15-16H,2-3,8-9,11-14H2,1H3/t16-/m1/s1. The summed E-state index contributed by atoms with van der Waals surface area (Å²) in [6.07, 6.45) is 8.97. The van der Waals surface area contributed by atoms with Gasteiger partial charge >= 0.3 is 0 Å². The Hall–Kier alpha value is -2.74. The topological polar surface area (TPSA) is 74.6 Å². The number of hydrogen-bond acceptors (Lipinski definition) is 5. The molecule has 28 heavy (non-hydrogen) atoms. The highest BCUT2D eigenvalue weighted by atomic mass is 16.2. The SMILES string of the molecule is C[C@H](C(=O)N1CCCC1)N1CCN(C(=O)c2cccnc2-n2ccnc2)CC1. The molecule has 0 radical (unpaired) electrons. The average Bonchev–Trinajstić information content (AvgIpc) is 3.46. The molecule has 0 spiro atoms. The normalized spacial score (nSPS) is 19.0. The molecule has 0 aliphatic carbocycles. The lowest BCUT2D eigenvalue weighted by Gasteiger charge is -2.38. The molecule has 0 aromatic carbocycles. The number of rotatable bonds is 4. The molecular weight excluding hydrogens is 356 g/mol. The molecule has 8 heteroatoms. The highest BCUT2D eigenvalue weighted by molar-refractivity contribution is 5.97. The van der Waals surface area contributed by atoms with E-state index in [0.717, 1.165) is 25.9 Å². The lowest BCUT2D eigenvalue weighted by Crippen LogP contribution is -2.55. The molecule has 0 saturated carbocycles. The zero-order valence-corrected chi connectivity index (χ0v) is 16.2. The molecule has 148 valence electrons. The highest BCUT2D eigenvalue weighted by Crippen LogP contribution is 2.17. The largest absolute Gasteiger partial charge is 0.341 e. The van der Waals surface area contributed by atoms with Crippen molar-refractivity contribution >= 4 is 11.8 Å². The number of piperazine rings is 1. The number of pyridine rings is 1. The Bertz CT molecular complexity index is 823. The molecule has 2 aliphatic heterocycles. The van der Waals surface area contributed by atoms with Crippen molar-refractivity contribution in [3.8, 4) is 5.82 Å². The van der Waals surface area contributed by atoms with Gasteiger partial charge in [0.15, 0.2) is 5.82 Å². The number of aromatic nitrogens is 3. The number of hydrogen-bond donors (Lipinski definition) is 0. The summed E-state index contributed by atoms with van der Waals surface area (Å²) in [5.41, 5.74) is 0.565. The van der Waals surface area contributed by atoms with Crippen molar-refractivity contribution in [2.45, 2.75) is 25.8 Å². The van der Waals surface area contributed by atoms with Crippen LogP contribution in [-0.4, -0.2) is 86.4 Å². The van der Waals surface area contributed by atoms with Crippen molar-refractivity contribution in [2.75, 3.05) is 39.3 Å². The summed E-state index contributed by atoms with van der Waals surface area (Å²) >= 11 is 0. The molecule has 2 aromatic rings. The van der Waals surface area contributed by atoms with Crippen LogP contribution in [0.3, 0.4) is 0 Å².